The van der Waals surface area contributed by atoms with Gasteiger partial charge in [0.05, 0.1) is 23.3 Å². The van der Waals surface area contributed by atoms with Crippen LogP contribution in [-0.4, -0.2) is 43.5 Å². The van der Waals surface area contributed by atoms with Crippen molar-refractivity contribution in [2.24, 2.45) is 0 Å². The molecule has 1 spiro atoms. The van der Waals surface area contributed by atoms with E-state index in [2.05, 4.69) is 38.0 Å². The van der Waals surface area contributed by atoms with Crippen molar-refractivity contribution in [1.82, 2.24) is 9.88 Å². The molecule has 132 valence electrons. The minimum Gasteiger partial charge on any atom is -0.437 e. The molecule has 3 rings (SSSR count). The first-order chi connectivity index (χ1) is 11.0. The van der Waals surface area contributed by atoms with Crippen molar-refractivity contribution in [2.75, 3.05) is 0 Å². The van der Waals surface area contributed by atoms with E-state index in [1.54, 1.807) is 13.1 Å². The molecule has 0 aromatic carbocycles. The second kappa shape index (κ2) is 5.17. The summed E-state index contributed by atoms with van der Waals surface area (Å²) in [4.78, 5) is 18.3. The fourth-order valence-electron chi connectivity index (χ4n) is 4.72. The van der Waals surface area contributed by atoms with Crippen LogP contribution in [-0.2, 0) is 11.3 Å². The second-order valence-corrected chi connectivity index (χ2v) is 8.77. The van der Waals surface area contributed by atoms with Crippen LogP contribution in [0.25, 0.3) is 0 Å². The zero-order valence-electron chi connectivity index (χ0n) is 15.2. The fourth-order valence-corrected chi connectivity index (χ4v) is 4.72. The smallest absolute Gasteiger partial charge is 0.413 e. The molecule has 1 atom stereocenters. The highest BCUT2D eigenvalue weighted by Crippen LogP contribution is 2.48. The summed E-state index contributed by atoms with van der Waals surface area (Å²) >= 11 is 0. The maximum absolute atomic E-state index is 12.6. The van der Waals surface area contributed by atoms with Crippen LogP contribution in [0.2, 0.25) is 0 Å². The molecule has 3 N–H and O–H groups in total. The van der Waals surface area contributed by atoms with Gasteiger partial charge in [0.2, 0.25) is 0 Å². The Hall–Kier alpha value is -1.66. The summed E-state index contributed by atoms with van der Waals surface area (Å²) in [7, 11) is 0. The molecule has 1 amide bonds. The summed E-state index contributed by atoms with van der Waals surface area (Å²) in [6.45, 7) is 10.4. The van der Waals surface area contributed by atoms with Crippen LogP contribution < -0.4 is 5.32 Å². The average Bonchev–Trinajstić information content (AvgIpc) is 2.56. The van der Waals surface area contributed by atoms with E-state index in [4.69, 9.17) is 4.74 Å². The number of pyridine rings is 1. The Labute approximate surface area is 143 Å². The van der Waals surface area contributed by atoms with E-state index in [0.717, 1.165) is 5.69 Å². The maximum atomic E-state index is 12.6. The van der Waals surface area contributed by atoms with E-state index in [9.17, 15) is 9.90 Å². The predicted molar refractivity (Wildman–Crippen MR) is 88.9 cm³/mol. The fraction of sp³-hybridized carbons (Fsp3) is 0.667. The minimum atomic E-state index is -1.38. The lowest BCUT2D eigenvalue weighted by Crippen LogP contribution is -3.07. The van der Waals surface area contributed by atoms with Crippen LogP contribution >= 0.6 is 0 Å². The molecular weight excluding hydrogens is 306 g/mol. The van der Waals surface area contributed by atoms with Crippen LogP contribution in [0.15, 0.2) is 24.4 Å². The molecule has 6 heteroatoms. The molecule has 2 aliphatic heterocycles. The summed E-state index contributed by atoms with van der Waals surface area (Å²) in [5.74, 6) is 0. The first kappa shape index (κ1) is 17.2. The van der Waals surface area contributed by atoms with Crippen molar-refractivity contribution < 1.29 is 20.0 Å². The van der Waals surface area contributed by atoms with Gasteiger partial charge in [-0.25, -0.2) is 4.79 Å². The molecule has 6 nitrogen and oxygen atoms in total. The lowest BCUT2D eigenvalue weighted by atomic mass is 9.68. The van der Waals surface area contributed by atoms with E-state index in [1.807, 2.05) is 18.2 Å². The van der Waals surface area contributed by atoms with Gasteiger partial charge in [-0.15, -0.1) is 0 Å². The summed E-state index contributed by atoms with van der Waals surface area (Å²) < 4.78 is 5.85. The number of hydrogen-bond acceptors (Lipinski definition) is 4. The van der Waals surface area contributed by atoms with Gasteiger partial charge in [-0.05, 0) is 46.8 Å². The number of nitrogens with two attached hydrogens (primary N) is 1. The van der Waals surface area contributed by atoms with Gasteiger partial charge in [0.25, 0.3) is 0 Å². The van der Waals surface area contributed by atoms with Crippen molar-refractivity contribution in [3.8, 4) is 0 Å². The number of carbonyl (C=O) groups excluding carboxylic acids is 1. The predicted octanol–water partition coefficient (Wildman–Crippen LogP) is 1.40. The van der Waals surface area contributed by atoms with Crippen molar-refractivity contribution >= 4 is 6.09 Å². The third-order valence-corrected chi connectivity index (χ3v) is 5.20. The van der Waals surface area contributed by atoms with Gasteiger partial charge in [0, 0.05) is 19.0 Å². The van der Waals surface area contributed by atoms with Gasteiger partial charge in [-0.1, -0.05) is 6.07 Å². The Morgan fingerprint density at radius 3 is 2.38 bits per heavy atom. The van der Waals surface area contributed by atoms with Crippen molar-refractivity contribution in [3.05, 3.63) is 30.1 Å². The second-order valence-electron chi connectivity index (χ2n) is 8.77. The van der Waals surface area contributed by atoms with Crippen molar-refractivity contribution in [2.45, 2.75) is 76.4 Å². The molecular formula is C18H28N3O3+. The molecule has 1 unspecified atom stereocenters. The van der Waals surface area contributed by atoms with Gasteiger partial charge >= 0.3 is 6.09 Å². The molecule has 0 bridgehead atoms. The van der Waals surface area contributed by atoms with Crippen LogP contribution in [0.4, 0.5) is 4.79 Å². The van der Waals surface area contributed by atoms with E-state index in [1.165, 1.54) is 4.90 Å². The first-order valence-electron chi connectivity index (χ1n) is 8.47. The molecule has 0 aliphatic carbocycles. The molecule has 2 aliphatic rings. The number of rotatable bonds is 2. The topological polar surface area (TPSA) is 79.3 Å². The minimum absolute atomic E-state index is 0.132. The zero-order valence-corrected chi connectivity index (χ0v) is 15.2. The monoisotopic (exact) mass is 334 g/mol. The van der Waals surface area contributed by atoms with Gasteiger partial charge in [-0.3, -0.25) is 9.88 Å². The quantitative estimate of drug-likeness (QED) is 0.857. The number of aliphatic hydroxyl groups is 1. The van der Waals surface area contributed by atoms with E-state index < -0.39 is 17.4 Å². The lowest BCUT2D eigenvalue weighted by molar-refractivity contribution is -0.793. The summed E-state index contributed by atoms with van der Waals surface area (Å²) in [5, 5.41) is 13.7. The first-order valence-corrected chi connectivity index (χ1v) is 8.47. The highest BCUT2D eigenvalue weighted by molar-refractivity contribution is 5.72. The molecule has 3 heterocycles. The van der Waals surface area contributed by atoms with Crippen LogP contribution in [0.5, 0.6) is 0 Å². The largest absolute Gasteiger partial charge is 0.437 e. The summed E-state index contributed by atoms with van der Waals surface area (Å²) in [6.07, 6.45) is 2.41. The molecule has 2 fully saturated rings. The molecule has 24 heavy (non-hydrogen) atoms. The van der Waals surface area contributed by atoms with Crippen LogP contribution in [0.1, 0.15) is 53.2 Å². The number of amides is 1. The van der Waals surface area contributed by atoms with Crippen LogP contribution in [0, 0.1) is 0 Å². The zero-order chi connectivity index (χ0) is 17.8. The molecule has 0 saturated carbocycles. The highest BCUT2D eigenvalue weighted by Gasteiger charge is 2.68. The maximum Gasteiger partial charge on any atom is 0.413 e. The molecule has 0 radical (unpaired) electrons. The van der Waals surface area contributed by atoms with Crippen molar-refractivity contribution in [1.29, 1.82) is 0 Å². The SMILES string of the molecule is CC1(C)CC2(CC(C)(C)[NH2+]1)OC(=O)N(Cc1ccccn1)C2(C)O. The highest BCUT2D eigenvalue weighted by atomic mass is 16.6. The normalized spacial score (nSPS) is 30.4. The van der Waals surface area contributed by atoms with Crippen molar-refractivity contribution in [3.63, 3.8) is 0 Å². The van der Waals surface area contributed by atoms with Crippen LogP contribution in [0.3, 0.4) is 0 Å². The Kier molecular flexibility index (Phi) is 3.70. The number of quaternary nitrogens is 1. The lowest BCUT2D eigenvalue weighted by Gasteiger charge is -2.51. The summed E-state index contributed by atoms with van der Waals surface area (Å²) in [6, 6.07) is 5.54. The van der Waals surface area contributed by atoms with E-state index >= 15 is 0 Å². The van der Waals surface area contributed by atoms with Gasteiger partial charge in [-0.2, -0.15) is 0 Å². The third kappa shape index (κ3) is 2.78. The third-order valence-electron chi connectivity index (χ3n) is 5.20. The Balaban J connectivity index is 1.95. The Morgan fingerprint density at radius 1 is 1.21 bits per heavy atom. The number of nitrogens with zero attached hydrogens (tertiary/aromatic N) is 2. The van der Waals surface area contributed by atoms with E-state index in [-0.39, 0.29) is 17.6 Å². The number of carbonyl (C=O) groups is 1. The average molecular weight is 334 g/mol. The Morgan fingerprint density at radius 2 is 1.83 bits per heavy atom. The number of hydrogen-bond donors (Lipinski definition) is 2. The van der Waals surface area contributed by atoms with E-state index in [0.29, 0.717) is 12.8 Å². The molecule has 1 aromatic heterocycles. The standard InChI is InChI=1S/C18H27N3O3/c1-15(2)11-18(12-16(3,4)20-15)17(5,23)21(14(22)24-18)10-13-8-6-7-9-19-13/h6-9,20,23H,10-12H2,1-5H3/p+1. The number of ether oxygens (including phenoxy) is 1. The number of piperidine rings is 1. The molecule has 1 aromatic rings. The molecule has 2 saturated heterocycles. The van der Waals surface area contributed by atoms with Gasteiger partial charge in [0.15, 0.2) is 11.3 Å². The van der Waals surface area contributed by atoms with Gasteiger partial charge in [0.1, 0.15) is 0 Å². The van der Waals surface area contributed by atoms with Gasteiger partial charge < -0.3 is 15.2 Å². The summed E-state index contributed by atoms with van der Waals surface area (Å²) in [5.41, 5.74) is -1.84. The Bertz CT molecular complexity index is 624. The number of aromatic nitrogens is 1.